The molecule has 0 saturated heterocycles. The van der Waals surface area contributed by atoms with Gasteiger partial charge < -0.3 is 0 Å². The molecule has 6 nitrogen and oxygen atoms in total. The van der Waals surface area contributed by atoms with E-state index in [2.05, 4.69) is 0 Å². The number of rotatable bonds is 5. The maximum atomic E-state index is 13.7. The summed E-state index contributed by atoms with van der Waals surface area (Å²) in [4.78, 5) is 18.7. The lowest BCUT2D eigenvalue weighted by atomic mass is 10.1. The van der Waals surface area contributed by atoms with Crippen LogP contribution in [0.2, 0.25) is 0 Å². The van der Waals surface area contributed by atoms with Gasteiger partial charge >= 0.3 is 0 Å². The molecule has 1 unspecified atom stereocenters. The smallest absolute Gasteiger partial charge is 0.266 e. The third-order valence-electron chi connectivity index (χ3n) is 6.71. The van der Waals surface area contributed by atoms with Crippen molar-refractivity contribution >= 4 is 31.7 Å². The van der Waals surface area contributed by atoms with Crippen molar-refractivity contribution in [2.75, 3.05) is 7.05 Å². The van der Waals surface area contributed by atoms with Crippen molar-refractivity contribution < 1.29 is 8.42 Å². The summed E-state index contributed by atoms with van der Waals surface area (Å²) in [7, 11) is -2.35. The van der Waals surface area contributed by atoms with Gasteiger partial charge in [-0.1, -0.05) is 60.2 Å². The number of fused-ring (bicyclic) bond motifs is 2. The minimum absolute atomic E-state index is 0.191. The second-order valence-electron chi connectivity index (χ2n) is 9.12. The molecule has 0 saturated carbocycles. The molecule has 0 amide bonds. The van der Waals surface area contributed by atoms with Gasteiger partial charge in [-0.3, -0.25) is 9.36 Å². The topological polar surface area (TPSA) is 72.3 Å². The Morgan fingerprint density at radius 1 is 0.861 bits per heavy atom. The maximum absolute atomic E-state index is 13.7. The Bertz CT molecular complexity index is 1790. The Balaban J connectivity index is 1.69. The molecule has 5 rings (SSSR count). The van der Waals surface area contributed by atoms with Gasteiger partial charge in [0, 0.05) is 7.05 Å². The highest BCUT2D eigenvalue weighted by atomic mass is 32.2. The summed E-state index contributed by atoms with van der Waals surface area (Å²) in [6, 6.07) is 25.0. The Morgan fingerprint density at radius 2 is 1.56 bits per heavy atom. The zero-order valence-corrected chi connectivity index (χ0v) is 21.5. The molecule has 4 aromatic carbocycles. The standard InChI is InChI=1S/C29H27N3O3S/c1-19-13-16-27(20(2)17-19)32-28(30-26-12-8-7-11-25(26)29(32)33)21(3)31(4)36(34,35)24-15-14-22-9-5-6-10-23(22)18-24/h5-18,21H,1-4H3. The van der Waals surface area contributed by atoms with E-state index < -0.39 is 16.1 Å². The van der Waals surface area contributed by atoms with Gasteiger partial charge in [-0.15, -0.1) is 0 Å². The lowest BCUT2D eigenvalue weighted by molar-refractivity contribution is 0.379. The molecule has 5 aromatic rings. The fourth-order valence-corrected chi connectivity index (χ4v) is 5.94. The molecule has 0 spiro atoms. The van der Waals surface area contributed by atoms with Crippen LogP contribution in [0, 0.1) is 13.8 Å². The Morgan fingerprint density at radius 3 is 2.31 bits per heavy atom. The SMILES string of the molecule is Cc1ccc(-n2c(C(C)N(C)S(=O)(=O)c3ccc4ccccc4c3)nc3ccccc3c2=O)c(C)c1. The van der Waals surface area contributed by atoms with E-state index in [1.807, 2.05) is 62.4 Å². The number of para-hydroxylation sites is 1. The van der Waals surface area contributed by atoms with Crippen molar-refractivity contribution in [1.29, 1.82) is 0 Å². The van der Waals surface area contributed by atoms with Gasteiger partial charge in [-0.25, -0.2) is 13.4 Å². The van der Waals surface area contributed by atoms with Crippen molar-refractivity contribution in [2.24, 2.45) is 0 Å². The van der Waals surface area contributed by atoms with E-state index in [4.69, 9.17) is 4.98 Å². The first-order valence-electron chi connectivity index (χ1n) is 11.7. The summed E-state index contributed by atoms with van der Waals surface area (Å²) in [5.74, 6) is 0.359. The van der Waals surface area contributed by atoms with Gasteiger partial charge in [0.15, 0.2) is 0 Å². The van der Waals surface area contributed by atoms with Gasteiger partial charge in [-0.2, -0.15) is 4.31 Å². The number of hydrogen-bond donors (Lipinski definition) is 0. The van der Waals surface area contributed by atoms with Crippen molar-refractivity contribution in [3.05, 3.63) is 112 Å². The van der Waals surface area contributed by atoms with Gasteiger partial charge in [0.25, 0.3) is 5.56 Å². The number of benzene rings is 4. The maximum Gasteiger partial charge on any atom is 0.266 e. The highest BCUT2D eigenvalue weighted by Gasteiger charge is 2.30. The third kappa shape index (κ3) is 4.00. The lowest BCUT2D eigenvalue weighted by Crippen LogP contribution is -2.35. The van der Waals surface area contributed by atoms with Gasteiger partial charge in [0.2, 0.25) is 10.0 Å². The van der Waals surface area contributed by atoms with Crippen LogP contribution in [0.1, 0.15) is 29.9 Å². The highest BCUT2D eigenvalue weighted by molar-refractivity contribution is 7.89. The molecule has 0 aliphatic rings. The number of nitrogens with zero attached hydrogens (tertiary/aromatic N) is 3. The zero-order valence-electron chi connectivity index (χ0n) is 20.6. The van der Waals surface area contributed by atoms with E-state index in [0.717, 1.165) is 21.9 Å². The summed E-state index contributed by atoms with van der Waals surface area (Å²) in [6.07, 6.45) is 0. The Hall–Kier alpha value is -3.81. The number of aromatic nitrogens is 2. The predicted molar refractivity (Wildman–Crippen MR) is 144 cm³/mol. The second-order valence-corrected chi connectivity index (χ2v) is 11.1. The molecule has 0 aliphatic heterocycles. The molecule has 0 N–H and O–H groups in total. The fourth-order valence-electron chi connectivity index (χ4n) is 4.58. The summed E-state index contributed by atoms with van der Waals surface area (Å²) < 4.78 is 30.3. The molecule has 1 aromatic heterocycles. The molecule has 0 radical (unpaired) electrons. The van der Waals surface area contributed by atoms with E-state index in [9.17, 15) is 13.2 Å². The molecule has 0 aliphatic carbocycles. The van der Waals surface area contributed by atoms with Gasteiger partial charge in [0.1, 0.15) is 5.82 Å². The highest BCUT2D eigenvalue weighted by Crippen LogP contribution is 2.29. The first kappa shape index (κ1) is 23.9. The quantitative estimate of drug-likeness (QED) is 0.320. The first-order valence-corrected chi connectivity index (χ1v) is 13.2. The minimum atomic E-state index is -3.88. The molecule has 0 fully saturated rings. The molecule has 0 bridgehead atoms. The Kier molecular flexibility index (Phi) is 5.98. The average Bonchev–Trinajstić information content (AvgIpc) is 2.88. The molecular formula is C29H27N3O3S. The molecule has 1 atom stereocenters. The van der Waals surface area contributed by atoms with Crippen LogP contribution in [0.15, 0.2) is 94.6 Å². The summed E-state index contributed by atoms with van der Waals surface area (Å²) in [5, 5.41) is 2.29. The molecule has 182 valence electrons. The van der Waals surface area contributed by atoms with E-state index in [0.29, 0.717) is 22.4 Å². The van der Waals surface area contributed by atoms with E-state index in [1.165, 1.54) is 11.4 Å². The van der Waals surface area contributed by atoms with Crippen LogP contribution in [-0.2, 0) is 10.0 Å². The number of sulfonamides is 1. The minimum Gasteiger partial charge on any atom is -0.268 e. The van der Waals surface area contributed by atoms with Crippen molar-refractivity contribution in [1.82, 2.24) is 13.9 Å². The number of aryl methyl sites for hydroxylation is 2. The molecule has 1 heterocycles. The third-order valence-corrected chi connectivity index (χ3v) is 8.64. The van der Waals surface area contributed by atoms with Crippen LogP contribution >= 0.6 is 0 Å². The predicted octanol–water partition coefficient (Wildman–Crippen LogP) is 5.54. The fraction of sp³-hybridized carbons (Fsp3) is 0.172. The van der Waals surface area contributed by atoms with E-state index in [-0.39, 0.29) is 10.5 Å². The van der Waals surface area contributed by atoms with E-state index >= 15 is 0 Å². The largest absolute Gasteiger partial charge is 0.268 e. The van der Waals surface area contributed by atoms with E-state index in [1.54, 1.807) is 47.9 Å². The second kappa shape index (κ2) is 9.00. The van der Waals surface area contributed by atoms with Crippen molar-refractivity contribution in [2.45, 2.75) is 31.7 Å². The Labute approximate surface area is 210 Å². The van der Waals surface area contributed by atoms with Gasteiger partial charge in [-0.05, 0) is 67.4 Å². The van der Waals surface area contributed by atoms with Gasteiger partial charge in [0.05, 0.1) is 27.5 Å². The lowest BCUT2D eigenvalue weighted by Gasteiger charge is -2.27. The molecule has 36 heavy (non-hydrogen) atoms. The summed E-state index contributed by atoms with van der Waals surface area (Å²) in [6.45, 7) is 5.69. The molecular weight excluding hydrogens is 470 g/mol. The number of hydrogen-bond acceptors (Lipinski definition) is 4. The van der Waals surface area contributed by atoms with Crippen LogP contribution in [0.25, 0.3) is 27.4 Å². The van der Waals surface area contributed by atoms with Crippen molar-refractivity contribution in [3.8, 4) is 5.69 Å². The van der Waals surface area contributed by atoms with Crippen LogP contribution in [0.5, 0.6) is 0 Å². The first-order chi connectivity index (χ1) is 17.2. The average molecular weight is 498 g/mol. The molecule has 7 heteroatoms. The van der Waals surface area contributed by atoms with Crippen LogP contribution < -0.4 is 5.56 Å². The van der Waals surface area contributed by atoms with Crippen molar-refractivity contribution in [3.63, 3.8) is 0 Å². The summed E-state index contributed by atoms with van der Waals surface area (Å²) >= 11 is 0. The monoisotopic (exact) mass is 497 g/mol. The zero-order chi connectivity index (χ0) is 25.6. The normalized spacial score (nSPS) is 12.9. The van der Waals surface area contributed by atoms with Crippen LogP contribution in [0.4, 0.5) is 0 Å². The van der Waals surface area contributed by atoms with Crippen LogP contribution in [0.3, 0.4) is 0 Å². The summed E-state index contributed by atoms with van der Waals surface area (Å²) in [5.41, 5.74) is 2.96. The van der Waals surface area contributed by atoms with Crippen LogP contribution in [-0.4, -0.2) is 29.3 Å².